The maximum Gasteiger partial charge on any atom is 0.248 e. The molecule has 0 fully saturated rings. The second-order valence-electron chi connectivity index (χ2n) is 6.74. The summed E-state index contributed by atoms with van der Waals surface area (Å²) in [7, 11) is 3.48. The molecule has 0 radical (unpaired) electrons. The van der Waals surface area contributed by atoms with Gasteiger partial charge in [0.25, 0.3) is 0 Å². The van der Waals surface area contributed by atoms with E-state index in [4.69, 9.17) is 5.10 Å². The predicted octanol–water partition coefficient (Wildman–Crippen LogP) is 2.48. The first-order valence-electron chi connectivity index (χ1n) is 8.76. The third-order valence-electron chi connectivity index (χ3n) is 4.75. The van der Waals surface area contributed by atoms with Crippen molar-refractivity contribution in [1.82, 2.24) is 25.0 Å². The van der Waals surface area contributed by atoms with Crippen LogP contribution in [0.2, 0.25) is 0 Å². The SMILES string of the molecule is CN(C)C(=O)C1CNCc2c(-c3ccncc3)c(-c3ccc(F)cc3)nn21. The number of aromatic nitrogens is 3. The number of fused-ring (bicyclic) bond motifs is 1. The first kappa shape index (κ1) is 17.4. The van der Waals surface area contributed by atoms with Crippen LogP contribution in [-0.2, 0) is 11.3 Å². The molecule has 0 saturated heterocycles. The normalized spacial score (nSPS) is 16.0. The molecular weight excluding hydrogens is 345 g/mol. The maximum absolute atomic E-state index is 13.4. The summed E-state index contributed by atoms with van der Waals surface area (Å²) in [6.07, 6.45) is 3.46. The van der Waals surface area contributed by atoms with Crippen molar-refractivity contribution in [3.8, 4) is 22.4 Å². The lowest BCUT2D eigenvalue weighted by Gasteiger charge is -2.27. The molecule has 1 aromatic carbocycles. The third-order valence-corrected chi connectivity index (χ3v) is 4.75. The summed E-state index contributed by atoms with van der Waals surface area (Å²) in [5.74, 6) is -0.312. The summed E-state index contributed by atoms with van der Waals surface area (Å²) < 4.78 is 15.2. The number of hydrogen-bond acceptors (Lipinski definition) is 4. The van der Waals surface area contributed by atoms with Gasteiger partial charge in [0, 0.05) is 50.7 Å². The van der Waals surface area contributed by atoms with Gasteiger partial charge in [-0.05, 0) is 42.0 Å². The lowest BCUT2D eigenvalue weighted by molar-refractivity contribution is -0.132. The summed E-state index contributed by atoms with van der Waals surface area (Å²) in [6, 6.07) is 9.69. The molecule has 1 aliphatic heterocycles. The number of hydrogen-bond donors (Lipinski definition) is 1. The van der Waals surface area contributed by atoms with Gasteiger partial charge in [-0.3, -0.25) is 14.5 Å². The molecule has 27 heavy (non-hydrogen) atoms. The van der Waals surface area contributed by atoms with Gasteiger partial charge < -0.3 is 10.2 Å². The van der Waals surface area contributed by atoms with E-state index in [1.54, 1.807) is 43.5 Å². The van der Waals surface area contributed by atoms with E-state index in [-0.39, 0.29) is 11.7 Å². The zero-order chi connectivity index (χ0) is 19.0. The number of nitrogens with one attached hydrogen (secondary N) is 1. The molecule has 0 aliphatic carbocycles. The van der Waals surface area contributed by atoms with E-state index in [0.29, 0.717) is 13.1 Å². The first-order valence-corrected chi connectivity index (χ1v) is 8.76. The van der Waals surface area contributed by atoms with Gasteiger partial charge in [-0.25, -0.2) is 4.39 Å². The van der Waals surface area contributed by atoms with Crippen molar-refractivity contribution in [3.05, 3.63) is 60.3 Å². The van der Waals surface area contributed by atoms with Crippen molar-refractivity contribution in [3.63, 3.8) is 0 Å². The van der Waals surface area contributed by atoms with Crippen LogP contribution in [0.15, 0.2) is 48.8 Å². The van der Waals surface area contributed by atoms with Crippen LogP contribution in [0.5, 0.6) is 0 Å². The number of pyridine rings is 1. The van der Waals surface area contributed by atoms with Crippen molar-refractivity contribution in [2.75, 3.05) is 20.6 Å². The fourth-order valence-corrected chi connectivity index (χ4v) is 3.43. The molecule has 0 saturated carbocycles. The van der Waals surface area contributed by atoms with Crippen LogP contribution in [-0.4, -0.2) is 46.2 Å². The van der Waals surface area contributed by atoms with E-state index in [1.807, 2.05) is 16.8 Å². The van der Waals surface area contributed by atoms with Gasteiger partial charge in [-0.1, -0.05) is 0 Å². The second kappa shape index (κ2) is 6.92. The molecule has 0 spiro atoms. The Morgan fingerprint density at radius 3 is 2.52 bits per heavy atom. The molecule has 4 rings (SSSR count). The number of amides is 1. The van der Waals surface area contributed by atoms with E-state index in [9.17, 15) is 9.18 Å². The molecule has 2 aromatic heterocycles. The van der Waals surface area contributed by atoms with Gasteiger partial charge in [0.1, 0.15) is 17.6 Å². The largest absolute Gasteiger partial charge is 0.347 e. The lowest BCUT2D eigenvalue weighted by Crippen LogP contribution is -2.42. The summed E-state index contributed by atoms with van der Waals surface area (Å²) in [5, 5.41) is 8.13. The summed E-state index contributed by atoms with van der Waals surface area (Å²) >= 11 is 0. The minimum atomic E-state index is -0.418. The van der Waals surface area contributed by atoms with Crippen LogP contribution in [0.25, 0.3) is 22.4 Å². The average Bonchev–Trinajstić information content (AvgIpc) is 3.08. The van der Waals surface area contributed by atoms with Gasteiger partial charge in [-0.15, -0.1) is 0 Å². The van der Waals surface area contributed by atoms with Crippen LogP contribution in [0.3, 0.4) is 0 Å². The van der Waals surface area contributed by atoms with Crippen LogP contribution in [0.1, 0.15) is 11.7 Å². The highest BCUT2D eigenvalue weighted by Crippen LogP contribution is 2.37. The number of nitrogens with zero attached hydrogens (tertiary/aromatic N) is 4. The number of benzene rings is 1. The third kappa shape index (κ3) is 3.10. The van der Waals surface area contributed by atoms with Gasteiger partial charge in [0.05, 0.1) is 5.69 Å². The topological polar surface area (TPSA) is 63.1 Å². The predicted molar refractivity (Wildman–Crippen MR) is 100 cm³/mol. The lowest BCUT2D eigenvalue weighted by atomic mass is 9.99. The van der Waals surface area contributed by atoms with Crippen molar-refractivity contribution in [2.45, 2.75) is 12.6 Å². The number of likely N-dealkylation sites (N-methyl/N-ethyl adjacent to an activating group) is 1. The van der Waals surface area contributed by atoms with Crippen molar-refractivity contribution in [2.24, 2.45) is 0 Å². The summed E-state index contributed by atoms with van der Waals surface area (Å²) in [5.41, 5.74) is 4.38. The van der Waals surface area contributed by atoms with E-state index in [2.05, 4.69) is 10.3 Å². The fourth-order valence-electron chi connectivity index (χ4n) is 3.43. The Balaban J connectivity index is 1.93. The Bertz CT molecular complexity index is 966. The van der Waals surface area contributed by atoms with Crippen LogP contribution in [0, 0.1) is 5.82 Å². The molecular formula is C20H20FN5O. The Morgan fingerprint density at radius 2 is 1.85 bits per heavy atom. The van der Waals surface area contributed by atoms with Crippen molar-refractivity contribution in [1.29, 1.82) is 0 Å². The number of halogens is 1. The standard InChI is InChI=1S/C20H20FN5O/c1-25(2)20(27)17-12-23-11-16-18(13-7-9-22-10-8-13)19(24-26(16)17)14-3-5-15(21)6-4-14/h3-10,17,23H,11-12H2,1-2H3. The van der Waals surface area contributed by atoms with Crippen molar-refractivity contribution >= 4 is 5.91 Å². The van der Waals surface area contributed by atoms with Gasteiger partial charge in [0.15, 0.2) is 0 Å². The molecule has 1 amide bonds. The summed E-state index contributed by atoms with van der Waals surface area (Å²) in [6.45, 7) is 1.12. The van der Waals surface area contributed by atoms with E-state index in [1.165, 1.54) is 12.1 Å². The van der Waals surface area contributed by atoms with Gasteiger partial charge >= 0.3 is 0 Å². The fraction of sp³-hybridized carbons (Fsp3) is 0.250. The Morgan fingerprint density at radius 1 is 1.15 bits per heavy atom. The minimum absolute atomic E-state index is 0.0158. The molecule has 1 N–H and O–H groups in total. The second-order valence-corrected chi connectivity index (χ2v) is 6.74. The Labute approximate surface area is 156 Å². The zero-order valence-corrected chi connectivity index (χ0v) is 15.2. The quantitative estimate of drug-likeness (QED) is 0.775. The molecule has 1 atom stereocenters. The molecule has 1 aliphatic rings. The molecule has 0 bridgehead atoms. The smallest absolute Gasteiger partial charge is 0.248 e. The van der Waals surface area contributed by atoms with E-state index < -0.39 is 6.04 Å². The molecule has 3 heterocycles. The molecule has 6 nitrogen and oxygen atoms in total. The highest BCUT2D eigenvalue weighted by atomic mass is 19.1. The molecule has 7 heteroatoms. The minimum Gasteiger partial charge on any atom is -0.347 e. The zero-order valence-electron chi connectivity index (χ0n) is 15.2. The van der Waals surface area contributed by atoms with E-state index in [0.717, 1.165) is 28.1 Å². The van der Waals surface area contributed by atoms with Gasteiger partial charge in [0.2, 0.25) is 5.91 Å². The monoisotopic (exact) mass is 365 g/mol. The average molecular weight is 365 g/mol. The van der Waals surface area contributed by atoms with Crippen molar-refractivity contribution < 1.29 is 9.18 Å². The van der Waals surface area contributed by atoms with Crippen LogP contribution < -0.4 is 5.32 Å². The van der Waals surface area contributed by atoms with E-state index >= 15 is 0 Å². The Hall–Kier alpha value is -3.06. The van der Waals surface area contributed by atoms with Crippen LogP contribution >= 0.6 is 0 Å². The maximum atomic E-state index is 13.4. The number of carbonyl (C=O) groups excluding carboxylic acids is 1. The summed E-state index contributed by atoms with van der Waals surface area (Å²) in [4.78, 5) is 18.3. The molecule has 3 aromatic rings. The highest BCUT2D eigenvalue weighted by molar-refractivity contribution is 5.85. The Kier molecular flexibility index (Phi) is 4.45. The number of carbonyl (C=O) groups is 1. The van der Waals surface area contributed by atoms with Crippen LogP contribution in [0.4, 0.5) is 4.39 Å². The first-order chi connectivity index (χ1) is 13.1. The highest BCUT2D eigenvalue weighted by Gasteiger charge is 2.32. The molecule has 138 valence electrons. The molecule has 1 unspecified atom stereocenters. The van der Waals surface area contributed by atoms with Gasteiger partial charge in [-0.2, -0.15) is 5.10 Å². The number of rotatable bonds is 3.